The molecule has 1 aromatic rings. The van der Waals surface area contributed by atoms with Crippen LogP contribution in [0.5, 0.6) is 0 Å². The number of imidazole rings is 1. The summed E-state index contributed by atoms with van der Waals surface area (Å²) in [6.07, 6.45) is 8.14. The summed E-state index contributed by atoms with van der Waals surface area (Å²) in [5.74, 6) is 0. The highest BCUT2D eigenvalue weighted by Gasteiger charge is 2.20. The molecule has 1 aliphatic rings. The minimum atomic E-state index is 0.416. The van der Waals surface area contributed by atoms with E-state index in [0.717, 1.165) is 19.4 Å². The fraction of sp³-hybridized carbons (Fsp3) is 0.700. The number of hydrogen-bond donors (Lipinski definition) is 3. The van der Waals surface area contributed by atoms with Crippen molar-refractivity contribution in [3.8, 4) is 0 Å². The highest BCUT2D eigenvalue weighted by atomic mass is 14.9. The van der Waals surface area contributed by atoms with Gasteiger partial charge in [-0.05, 0) is 19.3 Å². The van der Waals surface area contributed by atoms with Crippen molar-refractivity contribution in [1.82, 2.24) is 15.3 Å². The standard InChI is InChI=1S/C10H18N4/c11-8-1-2-9(5-8)13-4-3-10-6-12-7-14-10/h6-9,13H,1-5,11H2,(H,12,14). The van der Waals surface area contributed by atoms with Crippen molar-refractivity contribution in [2.24, 2.45) is 5.73 Å². The van der Waals surface area contributed by atoms with E-state index in [-0.39, 0.29) is 0 Å². The van der Waals surface area contributed by atoms with Crippen LogP contribution in [0.15, 0.2) is 12.5 Å². The molecule has 0 saturated heterocycles. The molecule has 1 aliphatic carbocycles. The highest BCUT2D eigenvalue weighted by molar-refractivity contribution is 4.95. The summed E-state index contributed by atoms with van der Waals surface area (Å²) in [6.45, 7) is 1.01. The monoisotopic (exact) mass is 194 g/mol. The zero-order valence-electron chi connectivity index (χ0n) is 8.37. The number of nitrogens with two attached hydrogens (primary N) is 1. The first kappa shape index (κ1) is 9.68. The van der Waals surface area contributed by atoms with E-state index in [9.17, 15) is 0 Å². The summed E-state index contributed by atoms with van der Waals surface area (Å²) in [7, 11) is 0. The molecule has 2 atom stereocenters. The quantitative estimate of drug-likeness (QED) is 0.651. The van der Waals surface area contributed by atoms with Crippen molar-refractivity contribution in [1.29, 1.82) is 0 Å². The van der Waals surface area contributed by atoms with Gasteiger partial charge in [0.05, 0.1) is 6.33 Å². The summed E-state index contributed by atoms with van der Waals surface area (Å²) < 4.78 is 0. The van der Waals surface area contributed by atoms with Crippen molar-refractivity contribution >= 4 is 0 Å². The first-order valence-corrected chi connectivity index (χ1v) is 5.31. The maximum Gasteiger partial charge on any atom is 0.0921 e. The number of nitrogens with one attached hydrogen (secondary N) is 2. The third kappa shape index (κ3) is 2.56. The van der Waals surface area contributed by atoms with Crippen molar-refractivity contribution in [2.75, 3.05) is 6.54 Å². The largest absolute Gasteiger partial charge is 0.348 e. The predicted octanol–water partition coefficient (Wildman–Crippen LogP) is 0.422. The fourth-order valence-electron chi connectivity index (χ4n) is 2.03. The normalized spacial score (nSPS) is 26.9. The van der Waals surface area contributed by atoms with Crippen molar-refractivity contribution in [2.45, 2.75) is 37.8 Å². The highest BCUT2D eigenvalue weighted by Crippen LogP contribution is 2.16. The summed E-state index contributed by atoms with van der Waals surface area (Å²) in [4.78, 5) is 7.08. The molecule has 0 aliphatic heterocycles. The molecule has 0 aromatic carbocycles. The van der Waals surface area contributed by atoms with Gasteiger partial charge in [-0.1, -0.05) is 0 Å². The Kier molecular flexibility index (Phi) is 3.16. The minimum Gasteiger partial charge on any atom is -0.348 e. The van der Waals surface area contributed by atoms with E-state index >= 15 is 0 Å². The van der Waals surface area contributed by atoms with Crippen LogP contribution in [0, 0.1) is 0 Å². The molecule has 78 valence electrons. The Morgan fingerprint density at radius 1 is 1.57 bits per heavy atom. The number of hydrogen-bond acceptors (Lipinski definition) is 3. The summed E-state index contributed by atoms with van der Waals surface area (Å²) >= 11 is 0. The summed E-state index contributed by atoms with van der Waals surface area (Å²) in [5, 5.41) is 3.52. The molecule has 0 bridgehead atoms. The number of aromatic amines is 1. The average molecular weight is 194 g/mol. The Labute approximate surface area is 84.3 Å². The van der Waals surface area contributed by atoms with Gasteiger partial charge in [-0.25, -0.2) is 4.98 Å². The third-order valence-corrected chi connectivity index (χ3v) is 2.86. The molecule has 1 saturated carbocycles. The van der Waals surface area contributed by atoms with Gasteiger partial charge in [0.15, 0.2) is 0 Å². The second-order valence-corrected chi connectivity index (χ2v) is 4.05. The van der Waals surface area contributed by atoms with Gasteiger partial charge in [-0.15, -0.1) is 0 Å². The van der Waals surface area contributed by atoms with Gasteiger partial charge >= 0.3 is 0 Å². The van der Waals surface area contributed by atoms with E-state index in [1.54, 1.807) is 6.33 Å². The van der Waals surface area contributed by atoms with E-state index in [1.165, 1.54) is 18.5 Å². The lowest BCUT2D eigenvalue weighted by Gasteiger charge is -2.11. The average Bonchev–Trinajstić information content (AvgIpc) is 2.77. The molecule has 4 heteroatoms. The van der Waals surface area contributed by atoms with Crippen LogP contribution in [0.2, 0.25) is 0 Å². The maximum atomic E-state index is 5.84. The zero-order chi connectivity index (χ0) is 9.80. The molecule has 0 radical (unpaired) electrons. The molecule has 14 heavy (non-hydrogen) atoms. The first-order valence-electron chi connectivity index (χ1n) is 5.31. The van der Waals surface area contributed by atoms with Crippen LogP contribution in [-0.2, 0) is 6.42 Å². The van der Waals surface area contributed by atoms with Crippen LogP contribution in [0.1, 0.15) is 25.0 Å². The Hall–Kier alpha value is -0.870. The minimum absolute atomic E-state index is 0.416. The van der Waals surface area contributed by atoms with Crippen LogP contribution in [0.25, 0.3) is 0 Å². The Balaban J connectivity index is 1.64. The predicted molar refractivity (Wildman–Crippen MR) is 55.9 cm³/mol. The smallest absolute Gasteiger partial charge is 0.0921 e. The van der Waals surface area contributed by atoms with E-state index < -0.39 is 0 Å². The zero-order valence-corrected chi connectivity index (χ0v) is 8.37. The van der Waals surface area contributed by atoms with Gasteiger partial charge < -0.3 is 16.0 Å². The third-order valence-electron chi connectivity index (χ3n) is 2.86. The van der Waals surface area contributed by atoms with Crippen LogP contribution >= 0.6 is 0 Å². The number of aromatic nitrogens is 2. The number of nitrogens with zero attached hydrogens (tertiary/aromatic N) is 1. The van der Waals surface area contributed by atoms with Gasteiger partial charge in [0.1, 0.15) is 0 Å². The van der Waals surface area contributed by atoms with E-state index in [0.29, 0.717) is 12.1 Å². The number of rotatable bonds is 4. The van der Waals surface area contributed by atoms with Gasteiger partial charge in [0, 0.05) is 36.9 Å². The van der Waals surface area contributed by atoms with Crippen LogP contribution in [-0.4, -0.2) is 28.6 Å². The second kappa shape index (κ2) is 4.57. The fourth-order valence-corrected chi connectivity index (χ4v) is 2.03. The summed E-state index contributed by atoms with van der Waals surface area (Å²) in [6, 6.07) is 1.05. The molecule has 4 nitrogen and oxygen atoms in total. The van der Waals surface area contributed by atoms with Crippen molar-refractivity contribution < 1.29 is 0 Å². The second-order valence-electron chi connectivity index (χ2n) is 4.05. The molecule has 0 spiro atoms. The van der Waals surface area contributed by atoms with E-state index in [1.807, 2.05) is 6.20 Å². The molecule has 1 fully saturated rings. The van der Waals surface area contributed by atoms with Gasteiger partial charge in [0.2, 0.25) is 0 Å². The van der Waals surface area contributed by atoms with Gasteiger partial charge in [0.25, 0.3) is 0 Å². The van der Waals surface area contributed by atoms with Gasteiger partial charge in [-0.2, -0.15) is 0 Å². The maximum absolute atomic E-state index is 5.84. The molecule has 0 amide bonds. The van der Waals surface area contributed by atoms with Crippen LogP contribution in [0.4, 0.5) is 0 Å². The molecule has 2 rings (SSSR count). The Morgan fingerprint density at radius 3 is 3.14 bits per heavy atom. The van der Waals surface area contributed by atoms with Crippen LogP contribution in [0.3, 0.4) is 0 Å². The van der Waals surface area contributed by atoms with Crippen molar-refractivity contribution in [3.63, 3.8) is 0 Å². The lowest BCUT2D eigenvalue weighted by atomic mass is 10.2. The summed E-state index contributed by atoms with van der Waals surface area (Å²) in [5.41, 5.74) is 7.03. The molecule has 4 N–H and O–H groups in total. The topological polar surface area (TPSA) is 66.7 Å². The van der Waals surface area contributed by atoms with Crippen LogP contribution < -0.4 is 11.1 Å². The van der Waals surface area contributed by atoms with E-state index in [4.69, 9.17) is 5.73 Å². The lowest BCUT2D eigenvalue weighted by Crippen LogP contribution is -2.30. The SMILES string of the molecule is NC1CCC(NCCc2cnc[nH]2)C1. The van der Waals surface area contributed by atoms with E-state index in [2.05, 4.69) is 15.3 Å². The molecule has 2 unspecified atom stereocenters. The molecule has 1 aromatic heterocycles. The molecular weight excluding hydrogens is 176 g/mol. The number of H-pyrrole nitrogens is 1. The van der Waals surface area contributed by atoms with Crippen molar-refractivity contribution in [3.05, 3.63) is 18.2 Å². The lowest BCUT2D eigenvalue weighted by molar-refractivity contribution is 0.519. The van der Waals surface area contributed by atoms with Gasteiger partial charge in [-0.3, -0.25) is 0 Å². The molecular formula is C10H18N4. The Morgan fingerprint density at radius 2 is 2.50 bits per heavy atom. The first-order chi connectivity index (χ1) is 6.84. The molecule has 1 heterocycles. The Bertz CT molecular complexity index is 257.